The molecule has 0 fully saturated rings. The zero-order valence-corrected chi connectivity index (χ0v) is 23.4. The predicted octanol–water partition coefficient (Wildman–Crippen LogP) is 4.60. The van der Waals surface area contributed by atoms with Crippen LogP contribution in [0.3, 0.4) is 0 Å². The first kappa shape index (κ1) is 33.4. The van der Waals surface area contributed by atoms with Gasteiger partial charge in [-0.15, -0.1) is 0 Å². The molecule has 0 aliphatic heterocycles. The molecule has 0 spiro atoms. The highest BCUT2D eigenvalue weighted by molar-refractivity contribution is 6.69. The van der Waals surface area contributed by atoms with Gasteiger partial charge in [-0.05, 0) is 26.1 Å². The van der Waals surface area contributed by atoms with Gasteiger partial charge < -0.3 is 32.8 Å². The van der Waals surface area contributed by atoms with Crippen LogP contribution in [0.4, 0.5) is 0 Å². The molecule has 0 atom stereocenters. The summed E-state index contributed by atoms with van der Waals surface area (Å²) in [5, 5.41) is 0. The molecule has 9 heteroatoms. The summed E-state index contributed by atoms with van der Waals surface area (Å²) in [5.41, 5.74) is 0. The van der Waals surface area contributed by atoms with Crippen LogP contribution in [0.1, 0.15) is 58.3 Å². The fourth-order valence-corrected chi connectivity index (χ4v) is 3.60. The molecule has 0 saturated carbocycles. The highest BCUT2D eigenvalue weighted by Crippen LogP contribution is 2.08. The van der Waals surface area contributed by atoms with Crippen molar-refractivity contribution in [1.82, 2.24) is 0 Å². The minimum Gasteiger partial charge on any atom is -0.463 e. The fourth-order valence-electron chi connectivity index (χ4n) is 2.90. The summed E-state index contributed by atoms with van der Waals surface area (Å²) < 4.78 is 38.1. The second-order valence-electron chi connectivity index (χ2n) is 9.11. The van der Waals surface area contributed by atoms with Crippen molar-refractivity contribution in [1.29, 1.82) is 0 Å². The Morgan fingerprint density at radius 2 is 0.912 bits per heavy atom. The summed E-state index contributed by atoms with van der Waals surface area (Å²) in [7, 11) is -1.44. The average molecular weight is 509 g/mol. The lowest BCUT2D eigenvalue weighted by Gasteiger charge is -2.16. The van der Waals surface area contributed by atoms with E-state index in [9.17, 15) is 4.79 Å². The van der Waals surface area contributed by atoms with E-state index >= 15 is 0 Å². The molecule has 8 nitrogen and oxygen atoms in total. The summed E-state index contributed by atoms with van der Waals surface area (Å²) >= 11 is 0. The Kier molecular flexibility index (Phi) is 25.1. The van der Waals surface area contributed by atoms with Gasteiger partial charge in [-0.25, -0.2) is 0 Å². The molecule has 0 aliphatic carbocycles. The number of unbranched alkanes of at least 4 members (excludes halogenated alkanes) is 6. The second-order valence-corrected chi connectivity index (χ2v) is 13.6. The summed E-state index contributed by atoms with van der Waals surface area (Å²) in [6.45, 7) is 14.8. The van der Waals surface area contributed by atoms with Gasteiger partial charge in [0.25, 0.3) is 0 Å². The fraction of sp³-hybridized carbons (Fsp3) is 0.960. The maximum absolute atomic E-state index is 11.6. The van der Waals surface area contributed by atoms with Crippen LogP contribution in [-0.2, 0) is 37.6 Å². The molecule has 0 aromatic carbocycles. The molecule has 204 valence electrons. The van der Waals surface area contributed by atoms with Gasteiger partial charge in [0.1, 0.15) is 6.61 Å². The highest BCUT2D eigenvalue weighted by atomic mass is 28.4. The Labute approximate surface area is 209 Å². The quantitative estimate of drug-likeness (QED) is 0.0904. The Balaban J connectivity index is 3.14. The van der Waals surface area contributed by atoms with Crippen LogP contribution < -0.4 is 0 Å². The lowest BCUT2D eigenvalue weighted by atomic mass is 10.1. The molecule has 0 bridgehead atoms. The molecule has 0 aromatic heterocycles. The van der Waals surface area contributed by atoms with Gasteiger partial charge >= 0.3 is 5.97 Å². The van der Waals surface area contributed by atoms with Gasteiger partial charge in [0, 0.05) is 6.42 Å². The van der Waals surface area contributed by atoms with Crippen molar-refractivity contribution < 1.29 is 37.6 Å². The van der Waals surface area contributed by atoms with Gasteiger partial charge in [-0.1, -0.05) is 45.4 Å². The van der Waals surface area contributed by atoms with E-state index in [0.29, 0.717) is 85.7 Å². The monoisotopic (exact) mass is 508 g/mol. The van der Waals surface area contributed by atoms with Gasteiger partial charge in [0.05, 0.1) is 72.7 Å². The van der Waals surface area contributed by atoms with Crippen molar-refractivity contribution in [3.05, 3.63) is 0 Å². The topological polar surface area (TPSA) is 81.7 Å². The summed E-state index contributed by atoms with van der Waals surface area (Å²) in [4.78, 5) is 11.6. The number of rotatable bonds is 27. The van der Waals surface area contributed by atoms with E-state index in [2.05, 4.69) is 26.6 Å². The van der Waals surface area contributed by atoms with Crippen molar-refractivity contribution in [3.8, 4) is 0 Å². The van der Waals surface area contributed by atoms with E-state index in [1.165, 1.54) is 32.1 Å². The van der Waals surface area contributed by atoms with E-state index in [1.807, 2.05) is 0 Å². The molecule has 0 heterocycles. The Bertz CT molecular complexity index is 432. The third-order valence-electron chi connectivity index (χ3n) is 4.73. The number of hydrogen-bond donors (Lipinski definition) is 0. The number of hydrogen-bond acceptors (Lipinski definition) is 8. The van der Waals surface area contributed by atoms with Gasteiger partial charge in [-0.2, -0.15) is 0 Å². The molecule has 34 heavy (non-hydrogen) atoms. The van der Waals surface area contributed by atoms with Crippen LogP contribution in [-0.4, -0.2) is 93.6 Å². The lowest BCUT2D eigenvalue weighted by Crippen LogP contribution is -2.27. The van der Waals surface area contributed by atoms with Crippen LogP contribution >= 0.6 is 0 Å². The minimum atomic E-state index is -1.44. The van der Waals surface area contributed by atoms with E-state index in [0.717, 1.165) is 12.8 Å². The molecule has 0 rings (SSSR count). The number of ether oxygens (including phenoxy) is 6. The van der Waals surface area contributed by atoms with E-state index in [-0.39, 0.29) is 5.97 Å². The third kappa shape index (κ3) is 29.5. The number of carbonyl (C=O) groups excluding carboxylic acids is 1. The first-order chi connectivity index (χ1) is 16.5. The lowest BCUT2D eigenvalue weighted by molar-refractivity contribution is -0.145. The molecular formula is C25H52O8Si. The van der Waals surface area contributed by atoms with Crippen LogP contribution in [0, 0.1) is 0 Å². The standard InChI is InChI=1S/C25H52O8Si/c1-5-6-7-8-9-10-11-12-25(26)32-23-21-30-19-17-28-15-13-27-14-16-29-18-20-31-22-24-33-34(2,3)4/h5-24H2,1-4H3. The average Bonchev–Trinajstić information content (AvgIpc) is 2.79. The van der Waals surface area contributed by atoms with Crippen LogP contribution in [0.2, 0.25) is 19.6 Å². The molecule has 0 radical (unpaired) electrons. The van der Waals surface area contributed by atoms with Crippen molar-refractivity contribution in [2.75, 3.05) is 79.3 Å². The first-order valence-electron chi connectivity index (χ1n) is 13.1. The Hall–Kier alpha value is -0.553. The van der Waals surface area contributed by atoms with Gasteiger partial charge in [0.15, 0.2) is 8.32 Å². The van der Waals surface area contributed by atoms with E-state index < -0.39 is 8.32 Å². The maximum Gasteiger partial charge on any atom is 0.305 e. The number of carbonyl (C=O) groups is 1. The third-order valence-corrected chi connectivity index (χ3v) is 5.80. The van der Waals surface area contributed by atoms with Crippen molar-refractivity contribution in [2.24, 2.45) is 0 Å². The first-order valence-corrected chi connectivity index (χ1v) is 16.5. The Morgan fingerprint density at radius 3 is 1.35 bits per heavy atom. The molecular weight excluding hydrogens is 456 g/mol. The SMILES string of the molecule is CCCCCCCCCC(=O)OCCOCCOCCOCCOCCOCCO[Si](C)(C)C. The zero-order chi connectivity index (χ0) is 25.2. The van der Waals surface area contributed by atoms with Crippen LogP contribution in [0.5, 0.6) is 0 Å². The maximum atomic E-state index is 11.6. The smallest absolute Gasteiger partial charge is 0.305 e. The van der Waals surface area contributed by atoms with Crippen molar-refractivity contribution in [2.45, 2.75) is 77.9 Å². The minimum absolute atomic E-state index is 0.130. The second kappa shape index (κ2) is 25.5. The van der Waals surface area contributed by atoms with E-state index in [4.69, 9.17) is 32.8 Å². The molecule has 0 aliphatic rings. The summed E-state index contributed by atoms with van der Waals surface area (Å²) in [5.74, 6) is -0.130. The normalized spacial score (nSPS) is 11.8. The van der Waals surface area contributed by atoms with Crippen molar-refractivity contribution in [3.63, 3.8) is 0 Å². The number of esters is 1. The predicted molar refractivity (Wildman–Crippen MR) is 137 cm³/mol. The summed E-state index contributed by atoms with van der Waals surface area (Å²) in [6, 6.07) is 0. The van der Waals surface area contributed by atoms with Crippen molar-refractivity contribution >= 4 is 14.3 Å². The largest absolute Gasteiger partial charge is 0.463 e. The summed E-state index contributed by atoms with van der Waals surface area (Å²) in [6.07, 6.45) is 8.87. The molecule has 0 N–H and O–H groups in total. The molecule has 0 amide bonds. The molecule has 0 saturated heterocycles. The highest BCUT2D eigenvalue weighted by Gasteiger charge is 2.13. The van der Waals surface area contributed by atoms with Crippen LogP contribution in [0.15, 0.2) is 0 Å². The van der Waals surface area contributed by atoms with Crippen LogP contribution in [0.25, 0.3) is 0 Å². The zero-order valence-electron chi connectivity index (χ0n) is 22.4. The van der Waals surface area contributed by atoms with Gasteiger partial charge in [-0.3, -0.25) is 4.79 Å². The van der Waals surface area contributed by atoms with E-state index in [1.54, 1.807) is 0 Å². The van der Waals surface area contributed by atoms with Gasteiger partial charge in [0.2, 0.25) is 0 Å². The molecule has 0 aromatic rings. The Morgan fingerprint density at radius 1 is 0.529 bits per heavy atom. The molecule has 0 unspecified atom stereocenters.